The Hall–Kier alpha value is -2.86. The van der Waals surface area contributed by atoms with Crippen molar-refractivity contribution < 1.29 is 63.2 Å². The summed E-state index contributed by atoms with van der Waals surface area (Å²) in [6, 6.07) is 7.43. The molecule has 1 aliphatic heterocycles. The molecule has 4 rings (SSSR count). The van der Waals surface area contributed by atoms with Gasteiger partial charge in [0.05, 0.1) is 13.7 Å². The van der Waals surface area contributed by atoms with Crippen LogP contribution in [0.2, 0.25) is 0 Å². The molecule has 16 heteroatoms. The highest BCUT2D eigenvalue weighted by Crippen LogP contribution is 2.31. The number of methoxy groups -OCH3 is 1. The molecule has 0 spiro atoms. The van der Waals surface area contributed by atoms with Crippen molar-refractivity contribution in [3.05, 3.63) is 42.5 Å². The second-order valence-corrected chi connectivity index (χ2v) is 7.77. The van der Waals surface area contributed by atoms with E-state index in [1.165, 1.54) is 22.0 Å². The highest BCUT2D eigenvalue weighted by molar-refractivity contribution is 5.79. The average Bonchev–Trinajstić information content (AvgIpc) is 3.34. The van der Waals surface area contributed by atoms with E-state index < -0.39 is 41.4 Å². The summed E-state index contributed by atoms with van der Waals surface area (Å²) in [4.78, 5) is 14.2. The molecule has 0 bridgehead atoms. The van der Waals surface area contributed by atoms with Crippen LogP contribution in [0.5, 0.6) is 5.75 Å². The van der Waals surface area contributed by atoms with Crippen LogP contribution in [0.1, 0.15) is 11.8 Å². The summed E-state index contributed by atoms with van der Waals surface area (Å²) in [6.45, 7) is -0.191. The van der Waals surface area contributed by atoms with Crippen LogP contribution < -0.4 is 38.7 Å². The zero-order chi connectivity index (χ0) is 25.0. The van der Waals surface area contributed by atoms with Gasteiger partial charge in [0.25, 0.3) is 12.1 Å². The Morgan fingerprint density at radius 3 is 2.53 bits per heavy atom. The molecule has 2 aromatic heterocycles. The van der Waals surface area contributed by atoms with Crippen LogP contribution in [0.4, 0.5) is 5.82 Å². The quantitative estimate of drug-likeness (QED) is 0.229. The predicted octanol–water partition coefficient (Wildman–Crippen LogP) is -6.21. The van der Waals surface area contributed by atoms with Gasteiger partial charge in [-0.25, -0.2) is 23.6 Å². The van der Waals surface area contributed by atoms with Gasteiger partial charge in [-0.15, -0.1) is 10.2 Å². The van der Waals surface area contributed by atoms with Crippen molar-refractivity contribution in [2.75, 3.05) is 19.5 Å². The molecule has 0 unspecified atom stereocenters. The minimum Gasteiger partial charge on any atom is -0.497 e. The van der Waals surface area contributed by atoms with Gasteiger partial charge < -0.3 is 35.4 Å². The van der Waals surface area contributed by atoms with Gasteiger partial charge in [-0.05, 0) is 17.7 Å². The summed E-state index contributed by atoms with van der Waals surface area (Å²) >= 11 is 0. The van der Waals surface area contributed by atoms with E-state index in [1.807, 2.05) is 24.3 Å². The number of hydrogen-bond donors (Lipinski definition) is 4. The largest absolute Gasteiger partial charge is 0.497 e. The first-order valence-electron chi connectivity index (χ1n) is 9.56. The minimum absolute atomic E-state index is 0.211. The van der Waals surface area contributed by atoms with Crippen LogP contribution in [0.25, 0.3) is 11.2 Å². The van der Waals surface area contributed by atoms with Gasteiger partial charge in [0, 0.05) is 0 Å². The van der Waals surface area contributed by atoms with Crippen LogP contribution in [0.15, 0.2) is 36.9 Å². The Balaban J connectivity index is 0.000000588. The molecular weight excluding hydrogens is 482 g/mol. The molecule has 0 amide bonds. The van der Waals surface area contributed by atoms with Gasteiger partial charge in [-0.3, -0.25) is 4.57 Å². The molecule has 34 heavy (non-hydrogen) atoms. The van der Waals surface area contributed by atoms with E-state index in [0.29, 0.717) is 11.2 Å². The Bertz CT molecular complexity index is 1100. The van der Waals surface area contributed by atoms with Crippen molar-refractivity contribution in [1.82, 2.24) is 14.5 Å². The second-order valence-electron chi connectivity index (χ2n) is 7.01. The molecule has 1 aromatic carbocycles. The Morgan fingerprint density at radius 2 is 1.91 bits per heavy atom. The maximum atomic E-state index is 10.2. The van der Waals surface area contributed by atoms with E-state index in [0.717, 1.165) is 11.3 Å². The number of nitrogen functional groups attached to an aromatic ring is 1. The van der Waals surface area contributed by atoms with Gasteiger partial charge in [0.2, 0.25) is 11.2 Å². The number of hydrogen-bond acceptors (Lipinski definition) is 13. The third kappa shape index (κ3) is 5.98. The number of benzene rings is 1. The average molecular weight is 504 g/mol. The minimum atomic E-state index is -4.94. The number of rotatable bonds is 6. The fraction of sp³-hybridized carbons (Fsp3) is 0.389. The van der Waals surface area contributed by atoms with E-state index >= 15 is 0 Å². The molecule has 1 saturated heterocycles. The number of halogens is 1. The Morgan fingerprint density at radius 1 is 1.21 bits per heavy atom. The fourth-order valence-corrected chi connectivity index (χ4v) is 3.24. The topological polar surface area (TPSA) is 241 Å². The lowest BCUT2D eigenvalue weighted by atomic mass is 10.1. The summed E-state index contributed by atoms with van der Waals surface area (Å²) < 4.78 is 47.5. The molecule has 5 N–H and O–H groups in total. The number of fused-ring (bicyclic) bond motifs is 1. The van der Waals surface area contributed by atoms with Crippen LogP contribution >= 0.6 is 0 Å². The van der Waals surface area contributed by atoms with Gasteiger partial charge in [0.1, 0.15) is 30.4 Å². The number of nitrogens with two attached hydrogens (primary N) is 1. The van der Waals surface area contributed by atoms with Crippen molar-refractivity contribution in [2.24, 2.45) is 0 Å². The van der Waals surface area contributed by atoms with Crippen LogP contribution in [0, 0.1) is 10.2 Å². The molecule has 3 aromatic rings. The maximum Gasteiger partial charge on any atom is 0.289 e. The highest BCUT2D eigenvalue weighted by atomic mass is 35.7. The zero-order valence-corrected chi connectivity index (χ0v) is 18.4. The molecule has 0 radical (unpaired) electrons. The first-order valence-corrected chi connectivity index (χ1v) is 10.8. The van der Waals surface area contributed by atoms with Crippen molar-refractivity contribution in [3.8, 4) is 5.75 Å². The monoisotopic (exact) mass is 503 g/mol. The SMILES string of the molecule is COc1cccc(CO[n+]2cnc3c(ncn3[C@@H]3O[C@H](CO)[C@@H](O)[C@H]3O)c2N)c1.[O-][Cl+3]([O-])([O-])[O-]. The highest BCUT2D eigenvalue weighted by Gasteiger charge is 2.44. The van der Waals surface area contributed by atoms with Gasteiger partial charge >= 0.3 is 0 Å². The van der Waals surface area contributed by atoms with E-state index in [-0.39, 0.29) is 12.4 Å². The second kappa shape index (κ2) is 10.6. The third-order valence-corrected chi connectivity index (χ3v) is 4.83. The summed E-state index contributed by atoms with van der Waals surface area (Å²) in [7, 11) is -3.35. The summed E-state index contributed by atoms with van der Waals surface area (Å²) in [6.07, 6.45) is -1.53. The van der Waals surface area contributed by atoms with Crippen molar-refractivity contribution in [1.29, 1.82) is 0 Å². The number of aromatic nitrogens is 4. The first kappa shape index (κ1) is 25.8. The number of aliphatic hydroxyl groups is 3. The molecule has 1 aliphatic rings. The molecule has 186 valence electrons. The number of imidazole rings is 1. The number of aliphatic hydroxyl groups excluding tert-OH is 3. The fourth-order valence-electron chi connectivity index (χ4n) is 3.24. The smallest absolute Gasteiger partial charge is 0.289 e. The van der Waals surface area contributed by atoms with E-state index in [4.69, 9.17) is 38.7 Å². The molecule has 1 fully saturated rings. The van der Waals surface area contributed by atoms with Crippen LogP contribution in [0.3, 0.4) is 0 Å². The molecule has 3 heterocycles. The first-order chi connectivity index (χ1) is 16.0. The normalized spacial score (nSPS) is 22.4. The standard InChI is InChI=1S/C18H21N5O6.ClHO4/c1-27-11-4-2-3-10(5-11)7-28-23-9-21-17-13(16(23)19)20-8-22(17)18-15(26)14(25)12(6-24)29-18;2-1(3,4)5/h2-5,8-9,12,14-15,18-19,24-26H,6-7H2,1H3;(H,2,3,4,5)/t12-,14-,15-,18-;/m1./s1. The van der Waals surface area contributed by atoms with Crippen molar-refractivity contribution in [2.45, 2.75) is 31.1 Å². The number of nitrogens with zero attached hydrogens (tertiary/aromatic N) is 4. The molecule has 0 saturated carbocycles. The maximum absolute atomic E-state index is 10.2. The van der Waals surface area contributed by atoms with Crippen LogP contribution in [-0.4, -0.2) is 61.9 Å². The molecule has 0 aliphatic carbocycles. The van der Waals surface area contributed by atoms with E-state index in [1.54, 1.807) is 7.11 Å². The number of ether oxygens (including phenoxy) is 2. The van der Waals surface area contributed by atoms with Crippen LogP contribution in [-0.2, 0) is 11.3 Å². The predicted molar refractivity (Wildman–Crippen MR) is 98.4 cm³/mol. The van der Waals surface area contributed by atoms with Gasteiger partial charge in [-0.1, -0.05) is 21.8 Å². The Labute approximate surface area is 194 Å². The molecule has 15 nitrogen and oxygen atoms in total. The van der Waals surface area contributed by atoms with Crippen molar-refractivity contribution >= 4 is 17.0 Å². The molecular formula is C18H22ClN5O10. The lowest BCUT2D eigenvalue weighted by molar-refractivity contribution is -2.00. The summed E-state index contributed by atoms with van der Waals surface area (Å²) in [5, 5.41) is 29.5. The summed E-state index contributed by atoms with van der Waals surface area (Å²) in [5.41, 5.74) is 7.74. The zero-order valence-electron chi connectivity index (χ0n) is 17.6. The lowest BCUT2D eigenvalue weighted by Gasteiger charge is -2.17. The lowest BCUT2D eigenvalue weighted by Crippen LogP contribution is -2.68. The van der Waals surface area contributed by atoms with Crippen molar-refractivity contribution in [3.63, 3.8) is 0 Å². The third-order valence-electron chi connectivity index (χ3n) is 4.83. The van der Waals surface area contributed by atoms with E-state index in [2.05, 4.69) is 9.97 Å². The number of anilines is 1. The molecule has 4 atom stereocenters. The van der Waals surface area contributed by atoms with E-state index in [9.17, 15) is 15.3 Å². The Kier molecular flexibility index (Phi) is 8.03. The summed E-state index contributed by atoms with van der Waals surface area (Å²) in [5.74, 6) is 0.929. The van der Waals surface area contributed by atoms with Gasteiger partial charge in [-0.2, -0.15) is 0 Å². The van der Waals surface area contributed by atoms with Gasteiger partial charge in [0.15, 0.2) is 12.8 Å².